The Balaban J connectivity index is 1.61. The van der Waals surface area contributed by atoms with Crippen molar-refractivity contribution in [1.29, 1.82) is 0 Å². The van der Waals surface area contributed by atoms with Crippen molar-refractivity contribution in [1.82, 2.24) is 10.3 Å². The Bertz CT molecular complexity index is 857. The molecule has 0 spiro atoms. The van der Waals surface area contributed by atoms with Gasteiger partial charge in [0, 0.05) is 30.2 Å². The highest BCUT2D eigenvalue weighted by atomic mass is 35.5. The third-order valence-electron chi connectivity index (χ3n) is 4.08. The molecule has 27 heavy (non-hydrogen) atoms. The molecule has 7 nitrogen and oxygen atoms in total. The molecule has 1 aliphatic rings. The molecule has 1 fully saturated rings. The first-order chi connectivity index (χ1) is 12.8. The molecular weight excluding hydrogens is 377 g/mol. The maximum Gasteiger partial charge on any atom is 0.410 e. The molecule has 1 aliphatic heterocycles. The number of ether oxygens (including phenoxy) is 1. The Morgan fingerprint density at radius 2 is 2.22 bits per heavy atom. The van der Waals surface area contributed by atoms with Gasteiger partial charge >= 0.3 is 6.09 Å². The fourth-order valence-electron chi connectivity index (χ4n) is 2.72. The molecule has 2 aromatic rings. The fourth-order valence-corrected chi connectivity index (χ4v) is 2.96. The van der Waals surface area contributed by atoms with Crippen LogP contribution in [0.4, 0.5) is 14.9 Å². The molecule has 0 unspecified atom stereocenters. The first-order valence-electron chi connectivity index (χ1n) is 8.16. The topological polar surface area (TPSA) is 91.8 Å². The van der Waals surface area contributed by atoms with Gasteiger partial charge in [0.2, 0.25) is 0 Å². The van der Waals surface area contributed by atoms with Crippen molar-refractivity contribution >= 4 is 29.3 Å². The van der Waals surface area contributed by atoms with Crippen molar-refractivity contribution in [2.24, 2.45) is 0 Å². The molecule has 0 radical (unpaired) electrons. The first-order valence-corrected chi connectivity index (χ1v) is 8.53. The van der Waals surface area contributed by atoms with E-state index < -0.39 is 23.6 Å². The van der Waals surface area contributed by atoms with Crippen molar-refractivity contribution in [2.75, 3.05) is 11.4 Å². The van der Waals surface area contributed by atoms with E-state index >= 15 is 0 Å². The van der Waals surface area contributed by atoms with Crippen molar-refractivity contribution in [2.45, 2.75) is 25.7 Å². The minimum atomic E-state index is -2.27. The van der Waals surface area contributed by atoms with Gasteiger partial charge in [0.25, 0.3) is 11.7 Å². The molecule has 2 amide bonds. The quantitative estimate of drug-likeness (QED) is 0.779. The minimum absolute atomic E-state index is 0.0772. The van der Waals surface area contributed by atoms with E-state index in [1.807, 2.05) is 6.92 Å². The highest BCUT2D eigenvalue weighted by Crippen LogP contribution is 2.29. The highest BCUT2D eigenvalue weighted by molar-refractivity contribution is 6.30. The molecule has 2 N–H and O–H groups in total. The Hall–Kier alpha value is -2.71. The van der Waals surface area contributed by atoms with Gasteiger partial charge in [0.1, 0.15) is 5.82 Å². The number of hydrogen-bond acceptors (Lipinski definition) is 5. The van der Waals surface area contributed by atoms with E-state index in [2.05, 4.69) is 10.3 Å². The number of carbonyl (C=O) groups excluding carboxylic acids is 2. The van der Waals surface area contributed by atoms with Gasteiger partial charge in [-0.3, -0.25) is 9.78 Å². The normalized spacial score (nSPS) is 19.3. The summed E-state index contributed by atoms with van der Waals surface area (Å²) in [5.41, 5.74) is 1.70. The molecule has 9 heteroatoms. The number of nitrogens with one attached hydrogen (secondary N) is 1. The number of halogens is 2. The molecule has 1 saturated heterocycles. The van der Waals surface area contributed by atoms with Gasteiger partial charge in [-0.25, -0.2) is 9.18 Å². The number of nitrogens with zero attached hydrogens (tertiary/aromatic N) is 2. The third kappa shape index (κ3) is 4.35. The second-order valence-corrected chi connectivity index (χ2v) is 6.61. The lowest BCUT2D eigenvalue weighted by molar-refractivity contribution is -0.175. The second-order valence-electron chi connectivity index (χ2n) is 6.17. The largest absolute Gasteiger partial charge is 0.410 e. The molecule has 0 aliphatic carbocycles. The van der Waals surface area contributed by atoms with Crippen LogP contribution in [0.2, 0.25) is 5.02 Å². The van der Waals surface area contributed by atoms with Crippen LogP contribution in [0.25, 0.3) is 0 Å². The molecule has 0 bridgehead atoms. The number of carbonyl (C=O) groups is 2. The van der Waals surface area contributed by atoms with E-state index in [1.165, 1.54) is 23.2 Å². The lowest BCUT2D eigenvalue weighted by Crippen LogP contribution is -2.46. The van der Waals surface area contributed by atoms with Crippen LogP contribution < -0.4 is 10.2 Å². The van der Waals surface area contributed by atoms with Gasteiger partial charge < -0.3 is 20.1 Å². The molecule has 142 valence electrons. The number of aromatic nitrogens is 1. The lowest BCUT2D eigenvalue weighted by Gasteiger charge is -2.22. The van der Waals surface area contributed by atoms with Crippen molar-refractivity contribution in [3.8, 4) is 0 Å². The predicted octanol–water partition coefficient (Wildman–Crippen LogP) is 2.53. The van der Waals surface area contributed by atoms with Crippen LogP contribution >= 0.6 is 11.6 Å². The van der Waals surface area contributed by atoms with Crippen LogP contribution in [0.5, 0.6) is 0 Å². The number of aryl methyl sites for hydroxylation is 1. The van der Waals surface area contributed by atoms with E-state index in [0.717, 1.165) is 11.8 Å². The van der Waals surface area contributed by atoms with Gasteiger partial charge in [0.05, 0.1) is 11.9 Å². The van der Waals surface area contributed by atoms with E-state index in [4.69, 9.17) is 16.3 Å². The Morgan fingerprint density at radius 1 is 1.44 bits per heavy atom. The van der Waals surface area contributed by atoms with Gasteiger partial charge in [-0.15, -0.1) is 0 Å². The van der Waals surface area contributed by atoms with Crippen LogP contribution in [0.1, 0.15) is 17.7 Å². The van der Waals surface area contributed by atoms with Gasteiger partial charge in [-0.2, -0.15) is 0 Å². The van der Waals surface area contributed by atoms with Crippen LogP contribution in [-0.2, 0) is 16.1 Å². The number of anilines is 1. The van der Waals surface area contributed by atoms with E-state index in [0.29, 0.717) is 11.3 Å². The molecule has 3 rings (SSSR count). The summed E-state index contributed by atoms with van der Waals surface area (Å²) in [4.78, 5) is 29.9. The number of amides is 2. The highest BCUT2D eigenvalue weighted by Gasteiger charge is 2.49. The average Bonchev–Trinajstić information content (AvgIpc) is 2.88. The molecule has 1 atom stereocenters. The maximum atomic E-state index is 13.3. The molecule has 1 aromatic heterocycles. The summed E-state index contributed by atoms with van der Waals surface area (Å²) in [5.74, 6) is -3.56. The zero-order valence-corrected chi connectivity index (χ0v) is 15.2. The Morgan fingerprint density at radius 3 is 2.89 bits per heavy atom. The van der Waals surface area contributed by atoms with E-state index in [-0.39, 0.29) is 24.5 Å². The Labute approximate surface area is 159 Å². The van der Waals surface area contributed by atoms with E-state index in [1.54, 1.807) is 12.1 Å². The summed E-state index contributed by atoms with van der Waals surface area (Å²) >= 11 is 5.75. The zero-order valence-electron chi connectivity index (χ0n) is 14.4. The number of benzene rings is 1. The van der Waals surface area contributed by atoms with Crippen LogP contribution in [0.3, 0.4) is 0 Å². The van der Waals surface area contributed by atoms with Crippen LogP contribution in [0.15, 0.2) is 36.5 Å². The van der Waals surface area contributed by atoms with Gasteiger partial charge in [-0.05, 0) is 42.8 Å². The maximum absolute atomic E-state index is 13.3. The van der Waals surface area contributed by atoms with Crippen LogP contribution in [0, 0.1) is 12.7 Å². The summed E-state index contributed by atoms with van der Waals surface area (Å²) < 4.78 is 18.2. The smallest absolute Gasteiger partial charge is 0.407 e. The second kappa shape index (κ2) is 7.50. The molecule has 1 aromatic carbocycles. The fraction of sp³-hybridized carbons (Fsp3) is 0.278. The number of alkyl carbamates (subject to hydrolysis) is 1. The first kappa shape index (κ1) is 19.1. The molecular formula is C18H17ClFN3O4. The molecule has 0 saturated carbocycles. The number of rotatable bonds is 4. The molecule has 2 heterocycles. The summed E-state index contributed by atoms with van der Waals surface area (Å²) in [7, 11) is 0. The summed E-state index contributed by atoms with van der Waals surface area (Å²) in [5, 5.41) is 13.0. The van der Waals surface area contributed by atoms with Crippen molar-refractivity contribution in [3.63, 3.8) is 0 Å². The number of hydrogen-bond donors (Lipinski definition) is 2. The lowest BCUT2D eigenvalue weighted by atomic mass is 10.2. The SMILES string of the molecule is Cc1ccc(N2CC[C@@](O)(OC(=O)NCc3cc(F)cc(Cl)c3)C2=O)cn1. The van der Waals surface area contributed by atoms with Gasteiger partial charge in [-0.1, -0.05) is 11.6 Å². The van der Waals surface area contributed by atoms with Crippen molar-refractivity contribution in [3.05, 3.63) is 58.6 Å². The predicted molar refractivity (Wildman–Crippen MR) is 95.6 cm³/mol. The summed E-state index contributed by atoms with van der Waals surface area (Å²) in [6.45, 7) is 1.91. The zero-order chi connectivity index (χ0) is 19.6. The standard InChI is InChI=1S/C18H17ClFN3O4/c1-11-2-3-15(10-21-11)23-5-4-18(26,16(23)24)27-17(25)22-9-12-6-13(19)8-14(20)7-12/h2-3,6-8,10,26H,4-5,9H2,1H3,(H,22,25)/t18-/m1/s1. The van der Waals surface area contributed by atoms with E-state index in [9.17, 15) is 19.1 Å². The summed E-state index contributed by atoms with van der Waals surface area (Å²) in [6.07, 6.45) is 0.418. The number of aliphatic hydroxyl groups is 1. The number of pyridine rings is 1. The minimum Gasteiger partial charge on any atom is -0.407 e. The average molecular weight is 394 g/mol. The summed E-state index contributed by atoms with van der Waals surface area (Å²) in [6, 6.07) is 7.25. The monoisotopic (exact) mass is 393 g/mol. The van der Waals surface area contributed by atoms with Crippen molar-refractivity contribution < 1.29 is 23.8 Å². The Kier molecular flexibility index (Phi) is 5.29. The van der Waals surface area contributed by atoms with Gasteiger partial charge in [0.15, 0.2) is 0 Å². The third-order valence-corrected chi connectivity index (χ3v) is 4.30. The van der Waals surface area contributed by atoms with Crippen LogP contribution in [-0.4, -0.2) is 34.4 Å².